The Hall–Kier alpha value is -3.01. The molecule has 0 saturated carbocycles. The molecular weight excluding hydrogens is 339 g/mol. The van der Waals surface area contributed by atoms with E-state index in [1.54, 1.807) is 12.1 Å². The highest BCUT2D eigenvalue weighted by atomic mass is 19.1. The topological polar surface area (TPSA) is 40.5 Å². The molecule has 2 atom stereocenters. The molecular formula is C24H15FO2. The quantitative estimate of drug-likeness (QED) is 0.293. The Morgan fingerprint density at radius 1 is 0.704 bits per heavy atom. The molecule has 0 spiro atoms. The highest BCUT2D eigenvalue weighted by Gasteiger charge is 2.25. The fourth-order valence-corrected chi connectivity index (χ4v) is 4.62. The van der Waals surface area contributed by atoms with Crippen molar-refractivity contribution < 1.29 is 14.6 Å². The van der Waals surface area contributed by atoms with Gasteiger partial charge in [0.15, 0.2) is 0 Å². The van der Waals surface area contributed by atoms with Crippen LogP contribution in [-0.2, 0) is 0 Å². The molecule has 0 aliphatic heterocycles. The second-order valence-corrected chi connectivity index (χ2v) is 7.34. The van der Waals surface area contributed by atoms with E-state index in [0.29, 0.717) is 0 Å². The van der Waals surface area contributed by atoms with Gasteiger partial charge in [0, 0.05) is 0 Å². The van der Waals surface area contributed by atoms with Crippen LogP contribution in [0.2, 0.25) is 0 Å². The Bertz CT molecular complexity index is 1420. The SMILES string of the molecule is OC1C=Cc2c(cc3ccc4cc5cc(F)ccc5c5ccc2c3c45)C1O. The van der Waals surface area contributed by atoms with Gasteiger partial charge >= 0.3 is 0 Å². The van der Waals surface area contributed by atoms with Crippen molar-refractivity contribution in [2.24, 2.45) is 0 Å². The lowest BCUT2D eigenvalue weighted by Crippen LogP contribution is -2.19. The molecule has 5 aromatic rings. The molecule has 3 heteroatoms. The summed E-state index contributed by atoms with van der Waals surface area (Å²) in [7, 11) is 0. The van der Waals surface area contributed by atoms with Crippen molar-refractivity contribution in [2.45, 2.75) is 12.2 Å². The van der Waals surface area contributed by atoms with Crippen LogP contribution in [0.4, 0.5) is 4.39 Å². The number of benzene rings is 5. The van der Waals surface area contributed by atoms with Crippen molar-refractivity contribution in [2.75, 3.05) is 0 Å². The summed E-state index contributed by atoms with van der Waals surface area (Å²) in [4.78, 5) is 0. The number of hydrogen-bond donors (Lipinski definition) is 2. The number of fused-ring (bicyclic) bond motifs is 4. The molecule has 130 valence electrons. The second kappa shape index (κ2) is 5.03. The molecule has 0 heterocycles. The summed E-state index contributed by atoms with van der Waals surface area (Å²) >= 11 is 0. The van der Waals surface area contributed by atoms with Crippen LogP contribution >= 0.6 is 0 Å². The molecule has 0 aromatic heterocycles. The van der Waals surface area contributed by atoms with Gasteiger partial charge in [-0.25, -0.2) is 4.39 Å². The van der Waals surface area contributed by atoms with Crippen molar-refractivity contribution >= 4 is 49.2 Å². The standard InChI is InChI=1S/C24H15FO2/c25-15-3-4-16-14(10-15)9-12-1-2-13-11-20-17(7-8-21(26)24(20)27)19-6-5-18(16)22(12)23(13)19/h1-11,21,24,26-27H. The average Bonchev–Trinajstić information content (AvgIpc) is 2.68. The first-order chi connectivity index (χ1) is 13.1. The number of aliphatic hydroxyl groups excluding tert-OH is 2. The molecule has 27 heavy (non-hydrogen) atoms. The molecule has 0 radical (unpaired) electrons. The molecule has 1 aliphatic rings. The maximum Gasteiger partial charge on any atom is 0.123 e. The zero-order valence-electron chi connectivity index (χ0n) is 14.3. The third-order valence-corrected chi connectivity index (χ3v) is 5.85. The van der Waals surface area contributed by atoms with Gasteiger partial charge in [0.25, 0.3) is 0 Å². The van der Waals surface area contributed by atoms with Crippen LogP contribution < -0.4 is 0 Å². The predicted molar refractivity (Wildman–Crippen MR) is 108 cm³/mol. The summed E-state index contributed by atoms with van der Waals surface area (Å²) in [6, 6.07) is 17.2. The summed E-state index contributed by atoms with van der Waals surface area (Å²) < 4.78 is 13.7. The predicted octanol–water partition coefficient (Wildman–Crippen LogP) is 5.30. The van der Waals surface area contributed by atoms with Crippen molar-refractivity contribution in [3.63, 3.8) is 0 Å². The van der Waals surface area contributed by atoms with Gasteiger partial charge in [0.05, 0.1) is 0 Å². The number of rotatable bonds is 0. The minimum Gasteiger partial charge on any atom is -0.386 e. The maximum atomic E-state index is 13.7. The summed E-state index contributed by atoms with van der Waals surface area (Å²) in [5.41, 5.74) is 1.71. The van der Waals surface area contributed by atoms with Crippen LogP contribution in [0.1, 0.15) is 17.2 Å². The van der Waals surface area contributed by atoms with Gasteiger partial charge in [-0.05, 0) is 78.5 Å². The van der Waals surface area contributed by atoms with Gasteiger partial charge in [0.2, 0.25) is 0 Å². The fourth-order valence-electron chi connectivity index (χ4n) is 4.62. The smallest absolute Gasteiger partial charge is 0.123 e. The third kappa shape index (κ3) is 1.90. The lowest BCUT2D eigenvalue weighted by molar-refractivity contribution is 0.0472. The number of halogens is 1. The molecule has 0 saturated heterocycles. The average molecular weight is 354 g/mol. The number of aliphatic hydroxyl groups is 2. The van der Waals surface area contributed by atoms with E-state index in [1.807, 2.05) is 36.4 Å². The molecule has 6 rings (SSSR count). The Kier molecular flexibility index (Phi) is 2.81. The van der Waals surface area contributed by atoms with E-state index in [2.05, 4.69) is 12.1 Å². The Morgan fingerprint density at radius 3 is 2.26 bits per heavy atom. The minimum absolute atomic E-state index is 0.234. The van der Waals surface area contributed by atoms with Gasteiger partial charge in [-0.3, -0.25) is 0 Å². The van der Waals surface area contributed by atoms with E-state index in [0.717, 1.165) is 54.2 Å². The molecule has 5 aromatic carbocycles. The highest BCUT2D eigenvalue weighted by Crippen LogP contribution is 2.43. The Labute approximate surface area is 154 Å². The van der Waals surface area contributed by atoms with Crippen molar-refractivity contribution in [1.82, 2.24) is 0 Å². The lowest BCUT2D eigenvalue weighted by atomic mass is 9.84. The number of hydrogen-bond acceptors (Lipinski definition) is 2. The first kappa shape index (κ1) is 15.1. The summed E-state index contributed by atoms with van der Waals surface area (Å²) in [6.07, 6.45) is 1.73. The van der Waals surface area contributed by atoms with Crippen LogP contribution in [0.3, 0.4) is 0 Å². The Morgan fingerprint density at radius 2 is 1.41 bits per heavy atom. The Balaban J connectivity index is 1.85. The molecule has 2 nitrogen and oxygen atoms in total. The van der Waals surface area contributed by atoms with Gasteiger partial charge < -0.3 is 10.2 Å². The van der Waals surface area contributed by atoms with Gasteiger partial charge in [-0.15, -0.1) is 0 Å². The first-order valence-electron chi connectivity index (χ1n) is 9.00. The largest absolute Gasteiger partial charge is 0.386 e. The zero-order chi connectivity index (χ0) is 18.3. The third-order valence-electron chi connectivity index (χ3n) is 5.85. The minimum atomic E-state index is -0.921. The highest BCUT2D eigenvalue weighted by molar-refractivity contribution is 6.29. The lowest BCUT2D eigenvalue weighted by Gasteiger charge is -2.25. The van der Waals surface area contributed by atoms with E-state index < -0.39 is 12.2 Å². The molecule has 2 N–H and O–H groups in total. The van der Waals surface area contributed by atoms with E-state index in [1.165, 1.54) is 6.07 Å². The van der Waals surface area contributed by atoms with Gasteiger partial charge in [0.1, 0.15) is 18.0 Å². The van der Waals surface area contributed by atoms with Crippen LogP contribution in [0.15, 0.2) is 60.7 Å². The van der Waals surface area contributed by atoms with E-state index in [9.17, 15) is 14.6 Å². The second-order valence-electron chi connectivity index (χ2n) is 7.34. The normalized spacial score (nSPS) is 19.5. The zero-order valence-corrected chi connectivity index (χ0v) is 14.3. The molecule has 0 bridgehead atoms. The van der Waals surface area contributed by atoms with Crippen LogP contribution in [-0.4, -0.2) is 16.3 Å². The summed E-state index contributed by atoms with van der Waals surface area (Å²) in [6.45, 7) is 0. The van der Waals surface area contributed by atoms with Crippen molar-refractivity contribution in [1.29, 1.82) is 0 Å². The van der Waals surface area contributed by atoms with Crippen LogP contribution in [0, 0.1) is 5.82 Å². The van der Waals surface area contributed by atoms with E-state index >= 15 is 0 Å². The van der Waals surface area contributed by atoms with Crippen molar-refractivity contribution in [3.05, 3.63) is 77.6 Å². The van der Waals surface area contributed by atoms with E-state index in [4.69, 9.17) is 0 Å². The molecule has 0 fully saturated rings. The van der Waals surface area contributed by atoms with Crippen LogP contribution in [0.5, 0.6) is 0 Å². The van der Waals surface area contributed by atoms with Gasteiger partial charge in [-0.1, -0.05) is 42.5 Å². The molecule has 0 amide bonds. The van der Waals surface area contributed by atoms with Crippen molar-refractivity contribution in [3.8, 4) is 0 Å². The van der Waals surface area contributed by atoms with Crippen LogP contribution in [0.25, 0.3) is 49.2 Å². The summed E-state index contributed by atoms with van der Waals surface area (Å²) in [5, 5.41) is 28.9. The first-order valence-corrected chi connectivity index (χ1v) is 9.00. The van der Waals surface area contributed by atoms with Gasteiger partial charge in [-0.2, -0.15) is 0 Å². The van der Waals surface area contributed by atoms with E-state index in [-0.39, 0.29) is 5.82 Å². The summed E-state index contributed by atoms with van der Waals surface area (Å²) in [5.74, 6) is -0.234. The fraction of sp³-hybridized carbons (Fsp3) is 0.0833. The molecule has 1 aliphatic carbocycles. The monoisotopic (exact) mass is 354 g/mol. The maximum absolute atomic E-state index is 13.7. The molecule has 2 unspecified atom stereocenters.